The summed E-state index contributed by atoms with van der Waals surface area (Å²) in [4.78, 5) is 13.3. The highest BCUT2D eigenvalue weighted by atomic mass is 35.5. The average Bonchev–Trinajstić information content (AvgIpc) is 2.89. The van der Waals surface area contributed by atoms with Crippen molar-refractivity contribution in [3.05, 3.63) is 84.3 Å². The number of ether oxygens (including phenoxy) is 2. The van der Waals surface area contributed by atoms with Crippen molar-refractivity contribution in [3.8, 4) is 28.6 Å². The van der Waals surface area contributed by atoms with Gasteiger partial charge in [-0.1, -0.05) is 55.8 Å². The third-order valence-corrected chi connectivity index (χ3v) is 7.13. The van der Waals surface area contributed by atoms with Crippen LogP contribution in [0.2, 0.25) is 5.15 Å². The van der Waals surface area contributed by atoms with E-state index in [0.29, 0.717) is 17.1 Å². The Morgan fingerprint density at radius 1 is 0.944 bits per heavy atom. The first kappa shape index (κ1) is 25.4. The van der Waals surface area contributed by atoms with E-state index >= 15 is 0 Å². The number of aromatic nitrogens is 3. The lowest BCUT2D eigenvalue weighted by Crippen LogP contribution is -2.35. The number of nitrogens with zero attached hydrogens (tertiary/aromatic N) is 4. The molecule has 0 saturated heterocycles. The number of hydrogen-bond donors (Lipinski definition) is 0. The Hall–Kier alpha value is -3.69. The molecule has 0 fully saturated rings. The average molecular weight is 525 g/mol. The number of sulfonamides is 1. The number of methoxy groups -OCH3 is 1. The number of halogens is 1. The van der Waals surface area contributed by atoms with Gasteiger partial charge in [-0.2, -0.15) is 0 Å². The predicted molar refractivity (Wildman–Crippen MR) is 139 cm³/mol. The van der Waals surface area contributed by atoms with Gasteiger partial charge in [-0.25, -0.2) is 22.7 Å². The van der Waals surface area contributed by atoms with Crippen LogP contribution < -0.4 is 13.8 Å². The number of benzene rings is 2. The quantitative estimate of drug-likeness (QED) is 0.254. The normalized spacial score (nSPS) is 11.4. The minimum Gasteiger partial charge on any atom is -0.493 e. The second-order valence-electron chi connectivity index (χ2n) is 8.23. The van der Waals surface area contributed by atoms with Gasteiger partial charge in [-0.3, -0.25) is 4.98 Å². The van der Waals surface area contributed by atoms with Crippen LogP contribution in [-0.2, 0) is 10.0 Å². The van der Waals surface area contributed by atoms with Crippen LogP contribution in [0.5, 0.6) is 17.2 Å². The van der Waals surface area contributed by atoms with Crippen LogP contribution in [-0.4, -0.2) is 37.0 Å². The maximum atomic E-state index is 13.9. The fourth-order valence-electron chi connectivity index (χ4n) is 3.46. The van der Waals surface area contributed by atoms with Crippen LogP contribution >= 0.6 is 11.6 Å². The van der Waals surface area contributed by atoms with Gasteiger partial charge in [0, 0.05) is 24.5 Å². The minimum atomic E-state index is -4.04. The molecular weight excluding hydrogens is 500 g/mol. The summed E-state index contributed by atoms with van der Waals surface area (Å²) >= 11 is 6.65. The molecule has 36 heavy (non-hydrogen) atoms. The molecule has 2 aromatic carbocycles. The van der Waals surface area contributed by atoms with Crippen molar-refractivity contribution in [2.24, 2.45) is 5.92 Å². The maximum absolute atomic E-state index is 13.9. The van der Waals surface area contributed by atoms with E-state index < -0.39 is 10.0 Å². The summed E-state index contributed by atoms with van der Waals surface area (Å²) in [6.45, 7) is 3.96. The molecule has 8 nitrogen and oxygen atoms in total. The molecule has 0 spiro atoms. The standard InChI is InChI=1S/C26H25ClN4O4S/c1-18(2)17-31(36(32,33)20-11-5-4-6-12-20)26-23(35-22-14-8-7-13-21(22)34-3)24(27)29-25(30-26)19-10-9-15-28-16-19/h4-16,18H,17H2,1-3H3. The summed E-state index contributed by atoms with van der Waals surface area (Å²) in [6, 6.07) is 18.6. The van der Waals surface area contributed by atoms with E-state index in [1.807, 2.05) is 13.8 Å². The number of rotatable bonds is 9. The van der Waals surface area contributed by atoms with Crippen LogP contribution in [0.15, 0.2) is 84.0 Å². The van der Waals surface area contributed by atoms with Gasteiger partial charge >= 0.3 is 0 Å². The van der Waals surface area contributed by atoms with Crippen LogP contribution in [0, 0.1) is 5.92 Å². The largest absolute Gasteiger partial charge is 0.493 e. The molecule has 0 saturated carbocycles. The van der Waals surface area contributed by atoms with Crippen molar-refractivity contribution in [2.45, 2.75) is 18.7 Å². The third kappa shape index (κ3) is 5.42. The van der Waals surface area contributed by atoms with E-state index in [2.05, 4.69) is 15.0 Å². The van der Waals surface area contributed by atoms with E-state index in [1.165, 1.54) is 23.5 Å². The molecule has 4 aromatic rings. The highest BCUT2D eigenvalue weighted by Gasteiger charge is 2.32. The van der Waals surface area contributed by atoms with E-state index in [9.17, 15) is 8.42 Å². The first-order chi connectivity index (χ1) is 17.3. The molecule has 0 unspecified atom stereocenters. The monoisotopic (exact) mass is 524 g/mol. The molecule has 0 radical (unpaired) electrons. The molecule has 186 valence electrons. The fourth-order valence-corrected chi connectivity index (χ4v) is 5.26. The van der Waals surface area contributed by atoms with Gasteiger partial charge in [0.05, 0.1) is 12.0 Å². The highest BCUT2D eigenvalue weighted by Crippen LogP contribution is 2.42. The predicted octanol–water partition coefficient (Wildman–Crippen LogP) is 5.84. The summed E-state index contributed by atoms with van der Waals surface area (Å²) in [5.74, 6) is 0.955. The SMILES string of the molecule is COc1ccccc1Oc1c(Cl)nc(-c2cccnc2)nc1N(CC(C)C)S(=O)(=O)c1ccccc1. The zero-order valence-electron chi connectivity index (χ0n) is 20.0. The Bertz CT molecular complexity index is 1440. The summed E-state index contributed by atoms with van der Waals surface area (Å²) in [7, 11) is -2.53. The summed E-state index contributed by atoms with van der Waals surface area (Å²) in [6.07, 6.45) is 3.20. The molecule has 0 aliphatic carbocycles. The molecule has 0 N–H and O–H groups in total. The second kappa shape index (κ2) is 10.9. The molecule has 4 rings (SSSR count). The lowest BCUT2D eigenvalue weighted by Gasteiger charge is -2.27. The Kier molecular flexibility index (Phi) is 7.71. The number of para-hydroxylation sites is 2. The van der Waals surface area contributed by atoms with Gasteiger partial charge < -0.3 is 9.47 Å². The van der Waals surface area contributed by atoms with Crippen LogP contribution in [0.1, 0.15) is 13.8 Å². The third-order valence-electron chi connectivity index (χ3n) is 5.11. The molecule has 0 atom stereocenters. The van der Waals surface area contributed by atoms with Crippen LogP contribution in [0.4, 0.5) is 5.82 Å². The van der Waals surface area contributed by atoms with Crippen molar-refractivity contribution in [1.29, 1.82) is 0 Å². The summed E-state index contributed by atoms with van der Waals surface area (Å²) in [5.41, 5.74) is 0.575. The summed E-state index contributed by atoms with van der Waals surface area (Å²) in [5, 5.41) is -0.0539. The van der Waals surface area contributed by atoms with E-state index in [0.717, 1.165) is 0 Å². The van der Waals surface area contributed by atoms with Crippen LogP contribution in [0.3, 0.4) is 0 Å². The van der Waals surface area contributed by atoms with Crippen molar-refractivity contribution in [1.82, 2.24) is 15.0 Å². The molecule has 2 aromatic heterocycles. The van der Waals surface area contributed by atoms with Crippen LogP contribution in [0.25, 0.3) is 11.4 Å². The van der Waals surface area contributed by atoms with Crippen molar-refractivity contribution in [2.75, 3.05) is 18.0 Å². The molecular formula is C26H25ClN4O4S. The van der Waals surface area contributed by atoms with Crippen molar-refractivity contribution < 1.29 is 17.9 Å². The minimum absolute atomic E-state index is 0.00559. The Balaban J connectivity index is 1.96. The zero-order valence-corrected chi connectivity index (χ0v) is 21.6. The molecule has 2 heterocycles. The lowest BCUT2D eigenvalue weighted by atomic mass is 10.2. The first-order valence-electron chi connectivity index (χ1n) is 11.2. The van der Waals surface area contributed by atoms with Gasteiger partial charge in [0.2, 0.25) is 5.75 Å². The summed E-state index contributed by atoms with van der Waals surface area (Å²) < 4.78 is 40.5. The zero-order chi connectivity index (χ0) is 25.7. The fraction of sp³-hybridized carbons (Fsp3) is 0.192. The van der Waals surface area contributed by atoms with E-state index in [1.54, 1.807) is 67.0 Å². The smallest absolute Gasteiger partial charge is 0.265 e. The Morgan fingerprint density at radius 2 is 1.64 bits per heavy atom. The Morgan fingerprint density at radius 3 is 2.28 bits per heavy atom. The molecule has 0 bridgehead atoms. The van der Waals surface area contributed by atoms with Gasteiger partial charge in [0.15, 0.2) is 28.3 Å². The van der Waals surface area contributed by atoms with E-state index in [4.69, 9.17) is 21.1 Å². The lowest BCUT2D eigenvalue weighted by molar-refractivity contribution is 0.378. The number of hydrogen-bond acceptors (Lipinski definition) is 7. The van der Waals surface area contributed by atoms with Gasteiger partial charge in [-0.15, -0.1) is 0 Å². The Labute approximate surface area is 215 Å². The topological polar surface area (TPSA) is 94.5 Å². The highest BCUT2D eigenvalue weighted by molar-refractivity contribution is 7.92. The second-order valence-corrected chi connectivity index (χ2v) is 10.4. The molecule has 10 heteroatoms. The van der Waals surface area contributed by atoms with Crippen molar-refractivity contribution in [3.63, 3.8) is 0 Å². The van der Waals surface area contributed by atoms with Gasteiger partial charge in [-0.05, 0) is 42.3 Å². The number of anilines is 1. The molecule has 0 aliphatic heterocycles. The maximum Gasteiger partial charge on any atom is 0.265 e. The van der Waals surface area contributed by atoms with Gasteiger partial charge in [0.1, 0.15) is 0 Å². The molecule has 0 aliphatic rings. The van der Waals surface area contributed by atoms with Crippen molar-refractivity contribution >= 4 is 27.4 Å². The van der Waals surface area contributed by atoms with E-state index in [-0.39, 0.29) is 39.9 Å². The number of pyridine rings is 1. The van der Waals surface area contributed by atoms with Gasteiger partial charge in [0.25, 0.3) is 10.0 Å². The molecule has 0 amide bonds. The first-order valence-corrected chi connectivity index (χ1v) is 13.0.